The Morgan fingerprint density at radius 1 is 1.21 bits per heavy atom. The summed E-state index contributed by atoms with van der Waals surface area (Å²) in [5.41, 5.74) is 1.39. The van der Waals surface area contributed by atoms with Gasteiger partial charge in [0.2, 0.25) is 0 Å². The van der Waals surface area contributed by atoms with Crippen molar-refractivity contribution >= 4 is 16.8 Å². The van der Waals surface area contributed by atoms with Crippen LogP contribution in [0.5, 0.6) is 0 Å². The van der Waals surface area contributed by atoms with Crippen molar-refractivity contribution in [3.05, 3.63) is 60.3 Å². The Morgan fingerprint density at radius 2 is 2.07 bits per heavy atom. The van der Waals surface area contributed by atoms with Gasteiger partial charge in [0.15, 0.2) is 0 Å². The molecule has 0 N–H and O–H groups in total. The molecule has 1 unspecified atom stereocenters. The van der Waals surface area contributed by atoms with Crippen molar-refractivity contribution in [3.63, 3.8) is 0 Å². The van der Waals surface area contributed by atoms with Gasteiger partial charge < -0.3 is 14.4 Å². The van der Waals surface area contributed by atoms with Gasteiger partial charge in [-0.2, -0.15) is 0 Å². The quantitative estimate of drug-likeness (QED) is 0.686. The van der Waals surface area contributed by atoms with Crippen LogP contribution in [0.1, 0.15) is 35.1 Å². The number of carbonyl (C=O) groups is 1. The highest BCUT2D eigenvalue weighted by Crippen LogP contribution is 2.27. The summed E-state index contributed by atoms with van der Waals surface area (Å²) in [6.07, 6.45) is 5.97. The number of para-hydroxylation sites is 1. The number of aromatic nitrogens is 3. The fourth-order valence-corrected chi connectivity index (χ4v) is 3.90. The molecule has 0 saturated carbocycles. The van der Waals surface area contributed by atoms with Crippen LogP contribution < -0.4 is 0 Å². The van der Waals surface area contributed by atoms with Crippen LogP contribution in [0.3, 0.4) is 0 Å². The van der Waals surface area contributed by atoms with Crippen molar-refractivity contribution in [1.29, 1.82) is 0 Å². The molecule has 3 heterocycles. The number of carbonyl (C=O) groups excluding carboxylic acids is 1. The molecular formula is C22H27N5O. The number of hydrogen-bond donors (Lipinski definition) is 0. The van der Waals surface area contributed by atoms with E-state index in [-0.39, 0.29) is 11.8 Å². The molecule has 1 amide bonds. The Kier molecular flexibility index (Phi) is 5.39. The molecule has 6 nitrogen and oxygen atoms in total. The summed E-state index contributed by atoms with van der Waals surface area (Å²) in [4.78, 5) is 26.4. The summed E-state index contributed by atoms with van der Waals surface area (Å²) in [6.45, 7) is 3.37. The van der Waals surface area contributed by atoms with Gasteiger partial charge in [0, 0.05) is 49.9 Å². The second-order valence-electron chi connectivity index (χ2n) is 7.76. The van der Waals surface area contributed by atoms with E-state index < -0.39 is 0 Å². The average Bonchev–Trinajstić information content (AvgIpc) is 3.20. The molecule has 1 atom stereocenters. The molecule has 0 bridgehead atoms. The molecule has 3 aromatic rings. The van der Waals surface area contributed by atoms with Crippen molar-refractivity contribution < 1.29 is 4.79 Å². The second-order valence-corrected chi connectivity index (χ2v) is 7.76. The number of likely N-dealkylation sites (tertiary alicyclic amines) is 1. The molecule has 1 aromatic carbocycles. The molecule has 146 valence electrons. The first kappa shape index (κ1) is 18.6. The van der Waals surface area contributed by atoms with Crippen molar-refractivity contribution in [2.75, 3.05) is 33.7 Å². The van der Waals surface area contributed by atoms with Crippen molar-refractivity contribution in [2.24, 2.45) is 0 Å². The lowest BCUT2D eigenvalue weighted by atomic mass is 9.96. The Bertz CT molecular complexity index is 964. The van der Waals surface area contributed by atoms with Crippen molar-refractivity contribution in [2.45, 2.75) is 25.3 Å². The van der Waals surface area contributed by atoms with Crippen LogP contribution in [0.25, 0.3) is 10.9 Å². The molecule has 1 aliphatic heterocycles. The monoisotopic (exact) mass is 377 g/mol. The van der Waals surface area contributed by atoms with Gasteiger partial charge in [0.05, 0.1) is 5.52 Å². The minimum absolute atomic E-state index is 0.0156. The second kappa shape index (κ2) is 8.10. The van der Waals surface area contributed by atoms with Crippen LogP contribution >= 0.6 is 0 Å². The molecule has 1 saturated heterocycles. The summed E-state index contributed by atoms with van der Waals surface area (Å²) >= 11 is 0. The molecule has 28 heavy (non-hydrogen) atoms. The van der Waals surface area contributed by atoms with Crippen molar-refractivity contribution in [1.82, 2.24) is 24.3 Å². The predicted octanol–water partition coefficient (Wildman–Crippen LogP) is 3.01. The first-order chi connectivity index (χ1) is 13.6. The Balaban J connectivity index is 1.50. The molecule has 1 aliphatic rings. The number of piperidine rings is 1. The van der Waals surface area contributed by atoms with E-state index in [1.165, 1.54) is 0 Å². The lowest BCUT2D eigenvalue weighted by molar-refractivity contribution is 0.0697. The molecule has 4 rings (SSSR count). The van der Waals surface area contributed by atoms with Crippen LogP contribution in [-0.2, 0) is 6.54 Å². The zero-order valence-corrected chi connectivity index (χ0v) is 16.6. The third-order valence-corrected chi connectivity index (χ3v) is 5.43. The maximum atomic E-state index is 13.1. The fraction of sp³-hybridized carbons (Fsp3) is 0.409. The van der Waals surface area contributed by atoms with Gasteiger partial charge in [-0.15, -0.1) is 0 Å². The van der Waals surface area contributed by atoms with E-state index in [0.29, 0.717) is 12.2 Å². The SMILES string of the molecule is CN(C)CCn1ccnc1C1CCCN(C(=O)c2ccc3ccccc3n2)C1. The van der Waals surface area contributed by atoms with E-state index >= 15 is 0 Å². The largest absolute Gasteiger partial charge is 0.337 e. The van der Waals surface area contributed by atoms with Gasteiger partial charge in [0.1, 0.15) is 11.5 Å². The van der Waals surface area contributed by atoms with Crippen molar-refractivity contribution in [3.8, 4) is 0 Å². The number of likely N-dealkylation sites (N-methyl/N-ethyl adjacent to an activating group) is 1. The molecule has 6 heteroatoms. The number of fused-ring (bicyclic) bond motifs is 1. The normalized spacial score (nSPS) is 17.4. The topological polar surface area (TPSA) is 54.3 Å². The highest BCUT2D eigenvalue weighted by atomic mass is 16.2. The van der Waals surface area contributed by atoms with Gasteiger partial charge in [0.25, 0.3) is 5.91 Å². The predicted molar refractivity (Wildman–Crippen MR) is 110 cm³/mol. The lowest BCUT2D eigenvalue weighted by Crippen LogP contribution is -2.40. The maximum absolute atomic E-state index is 13.1. The molecule has 2 aromatic heterocycles. The summed E-state index contributed by atoms with van der Waals surface area (Å²) in [5, 5.41) is 1.05. The summed E-state index contributed by atoms with van der Waals surface area (Å²) in [6, 6.07) is 11.7. The van der Waals surface area contributed by atoms with Gasteiger partial charge in [-0.05, 0) is 39.1 Å². The van der Waals surface area contributed by atoms with E-state index in [1.54, 1.807) is 0 Å². The molecular weight excluding hydrogens is 350 g/mol. The number of pyridine rings is 1. The number of imidazole rings is 1. The Morgan fingerprint density at radius 3 is 2.93 bits per heavy atom. The standard InChI is InChI=1S/C22H27N5O/c1-25(2)14-15-26-13-11-23-21(26)18-7-5-12-27(16-18)22(28)20-10-9-17-6-3-4-8-19(17)24-20/h3-4,6,8-11,13,18H,5,7,12,14-16H2,1-2H3. The number of rotatable bonds is 5. The van der Waals surface area contributed by atoms with Crippen LogP contribution in [0.2, 0.25) is 0 Å². The minimum atomic E-state index is 0.0156. The summed E-state index contributed by atoms with van der Waals surface area (Å²) in [5.74, 6) is 1.38. The van der Waals surface area contributed by atoms with E-state index in [1.807, 2.05) is 53.7 Å². The summed E-state index contributed by atoms with van der Waals surface area (Å²) in [7, 11) is 4.16. The Labute approximate surface area is 165 Å². The highest BCUT2D eigenvalue weighted by molar-refractivity contribution is 5.95. The first-order valence-corrected chi connectivity index (χ1v) is 9.92. The third kappa shape index (κ3) is 3.92. The Hall–Kier alpha value is -2.73. The number of amides is 1. The first-order valence-electron chi connectivity index (χ1n) is 9.92. The zero-order valence-electron chi connectivity index (χ0n) is 16.6. The average molecular weight is 377 g/mol. The summed E-state index contributed by atoms with van der Waals surface area (Å²) < 4.78 is 2.23. The van der Waals surface area contributed by atoms with Crippen LogP contribution in [-0.4, -0.2) is 64.0 Å². The van der Waals surface area contributed by atoms with Crippen LogP contribution in [0.15, 0.2) is 48.8 Å². The third-order valence-electron chi connectivity index (χ3n) is 5.43. The zero-order chi connectivity index (χ0) is 19.5. The maximum Gasteiger partial charge on any atom is 0.272 e. The number of nitrogens with zero attached hydrogens (tertiary/aromatic N) is 5. The van der Waals surface area contributed by atoms with Gasteiger partial charge in [-0.25, -0.2) is 9.97 Å². The molecule has 1 fully saturated rings. The highest BCUT2D eigenvalue weighted by Gasteiger charge is 2.28. The minimum Gasteiger partial charge on any atom is -0.337 e. The van der Waals surface area contributed by atoms with Gasteiger partial charge >= 0.3 is 0 Å². The smallest absolute Gasteiger partial charge is 0.272 e. The van der Waals surface area contributed by atoms with Gasteiger partial charge in [-0.3, -0.25) is 4.79 Å². The fourth-order valence-electron chi connectivity index (χ4n) is 3.90. The number of hydrogen-bond acceptors (Lipinski definition) is 4. The van der Waals surface area contributed by atoms with E-state index in [0.717, 1.165) is 49.2 Å². The van der Waals surface area contributed by atoms with E-state index in [4.69, 9.17) is 0 Å². The van der Waals surface area contributed by atoms with E-state index in [9.17, 15) is 4.79 Å². The lowest BCUT2D eigenvalue weighted by Gasteiger charge is -2.32. The number of benzene rings is 1. The van der Waals surface area contributed by atoms with Crippen LogP contribution in [0.4, 0.5) is 0 Å². The van der Waals surface area contributed by atoms with Crippen LogP contribution in [0, 0.1) is 0 Å². The van der Waals surface area contributed by atoms with E-state index in [2.05, 4.69) is 33.5 Å². The molecule has 0 spiro atoms. The molecule has 0 aliphatic carbocycles. The van der Waals surface area contributed by atoms with Gasteiger partial charge in [-0.1, -0.05) is 24.3 Å². The molecule has 0 radical (unpaired) electrons.